The minimum atomic E-state index is -0.529. The lowest BCUT2D eigenvalue weighted by molar-refractivity contribution is -0.115. The van der Waals surface area contributed by atoms with Crippen LogP contribution in [0.3, 0.4) is 0 Å². The molecule has 172 valence electrons. The highest BCUT2D eigenvalue weighted by molar-refractivity contribution is 5.98. The normalized spacial score (nSPS) is 12.0. The molecule has 0 aliphatic carbocycles. The van der Waals surface area contributed by atoms with E-state index in [1.54, 1.807) is 22.9 Å². The van der Waals surface area contributed by atoms with E-state index < -0.39 is 11.7 Å². The first-order valence-corrected chi connectivity index (χ1v) is 10.6. The molecule has 0 saturated carbocycles. The number of hydrogen-bond acceptors (Lipinski definition) is 7. The summed E-state index contributed by atoms with van der Waals surface area (Å²) in [6.45, 7) is 9.90. The molecule has 0 spiro atoms. The van der Waals surface area contributed by atoms with Crippen LogP contribution in [0.4, 0.5) is 16.1 Å². The lowest BCUT2D eigenvalue weighted by Crippen LogP contribution is -2.15. The molecule has 0 unspecified atom stereocenters. The number of carbonyl (C=O) groups excluding carboxylic acids is 1. The molecule has 4 aromatic rings. The number of nitrogens with one attached hydrogen (secondary N) is 1. The first-order chi connectivity index (χ1) is 15.5. The van der Waals surface area contributed by atoms with E-state index in [0.29, 0.717) is 28.0 Å². The van der Waals surface area contributed by atoms with Crippen molar-refractivity contribution in [3.8, 4) is 11.3 Å². The molecule has 9 nitrogen and oxygen atoms in total. The Hall–Kier alpha value is -3.82. The summed E-state index contributed by atoms with van der Waals surface area (Å²) in [4.78, 5) is 20.8. The Balaban J connectivity index is 1.58. The Morgan fingerprint density at radius 2 is 2.00 bits per heavy atom. The van der Waals surface area contributed by atoms with E-state index >= 15 is 0 Å². The number of benzene rings is 1. The predicted octanol–water partition coefficient (Wildman–Crippen LogP) is 4.26. The molecule has 0 aliphatic rings. The SMILES string of the molecule is CC(C)n1nc(-c2ccc(CC(=O)Nc3cc(C(C)(C)C)no3)c(F)c2)c2c(N)ncnc21. The van der Waals surface area contributed by atoms with Gasteiger partial charge in [0.05, 0.1) is 17.5 Å². The number of nitrogen functional groups attached to an aromatic ring is 1. The largest absolute Gasteiger partial charge is 0.383 e. The number of carbonyl (C=O) groups is 1. The van der Waals surface area contributed by atoms with Crippen LogP contribution in [0, 0.1) is 5.82 Å². The minimum absolute atomic E-state index is 0.0262. The molecule has 0 bridgehead atoms. The second-order valence-corrected chi connectivity index (χ2v) is 9.20. The second-order valence-electron chi connectivity index (χ2n) is 9.20. The quantitative estimate of drug-likeness (QED) is 0.464. The van der Waals surface area contributed by atoms with E-state index in [1.807, 2.05) is 34.6 Å². The third kappa shape index (κ3) is 4.41. The molecule has 1 amide bonds. The molecule has 0 saturated heterocycles. The fourth-order valence-electron chi connectivity index (χ4n) is 3.44. The summed E-state index contributed by atoms with van der Waals surface area (Å²) in [5, 5.41) is 11.7. The van der Waals surface area contributed by atoms with Crippen LogP contribution in [0.25, 0.3) is 22.3 Å². The molecule has 0 fully saturated rings. The molecule has 3 N–H and O–H groups in total. The maximum absolute atomic E-state index is 14.9. The van der Waals surface area contributed by atoms with Crippen LogP contribution >= 0.6 is 0 Å². The predicted molar refractivity (Wildman–Crippen MR) is 123 cm³/mol. The molecule has 0 atom stereocenters. The summed E-state index contributed by atoms with van der Waals surface area (Å²) in [7, 11) is 0. The van der Waals surface area contributed by atoms with Crippen molar-refractivity contribution in [2.45, 2.75) is 52.5 Å². The highest BCUT2D eigenvalue weighted by Crippen LogP contribution is 2.32. The van der Waals surface area contributed by atoms with Gasteiger partial charge in [0.1, 0.15) is 23.7 Å². The lowest BCUT2D eigenvalue weighted by Gasteiger charge is -2.12. The molecule has 3 heterocycles. The van der Waals surface area contributed by atoms with Crippen LogP contribution in [-0.4, -0.2) is 30.8 Å². The molecular formula is C23H26FN7O2. The zero-order chi connectivity index (χ0) is 23.9. The summed E-state index contributed by atoms with van der Waals surface area (Å²) < 4.78 is 21.8. The Bertz CT molecular complexity index is 1330. The minimum Gasteiger partial charge on any atom is -0.383 e. The molecule has 3 aromatic heterocycles. The first kappa shape index (κ1) is 22.4. The second kappa shape index (κ2) is 8.27. The average molecular weight is 452 g/mol. The molecule has 10 heteroatoms. The van der Waals surface area contributed by atoms with Crippen molar-refractivity contribution >= 4 is 28.6 Å². The van der Waals surface area contributed by atoms with Crippen LogP contribution in [-0.2, 0) is 16.6 Å². The van der Waals surface area contributed by atoms with Gasteiger partial charge in [-0.3, -0.25) is 10.1 Å². The topological polar surface area (TPSA) is 125 Å². The smallest absolute Gasteiger partial charge is 0.231 e. The number of aromatic nitrogens is 5. The van der Waals surface area contributed by atoms with Crippen molar-refractivity contribution in [2.24, 2.45) is 0 Å². The Morgan fingerprint density at radius 3 is 2.64 bits per heavy atom. The van der Waals surface area contributed by atoms with Gasteiger partial charge in [-0.1, -0.05) is 38.1 Å². The number of hydrogen-bond donors (Lipinski definition) is 2. The van der Waals surface area contributed by atoms with E-state index in [0.717, 1.165) is 0 Å². The Labute approximate surface area is 190 Å². The molecule has 33 heavy (non-hydrogen) atoms. The standard InChI is InChI=1S/C23H26FN7O2/c1-12(2)31-22-19(21(25)26-11-27-22)20(29-31)14-7-6-13(15(24)8-14)9-17(32)28-18-10-16(30-33-18)23(3,4)5/h6-8,10-12H,9H2,1-5H3,(H,28,32)(H2,25,26,27). The van der Waals surface area contributed by atoms with E-state index in [1.165, 1.54) is 12.4 Å². The number of anilines is 2. The highest BCUT2D eigenvalue weighted by Gasteiger charge is 2.21. The van der Waals surface area contributed by atoms with Crippen LogP contribution < -0.4 is 11.1 Å². The Kier molecular flexibility index (Phi) is 5.61. The van der Waals surface area contributed by atoms with Crippen molar-refractivity contribution in [2.75, 3.05) is 11.1 Å². The van der Waals surface area contributed by atoms with Crippen molar-refractivity contribution in [3.05, 3.63) is 47.7 Å². The van der Waals surface area contributed by atoms with Gasteiger partial charge in [0.15, 0.2) is 5.65 Å². The van der Waals surface area contributed by atoms with Gasteiger partial charge in [-0.2, -0.15) is 5.10 Å². The zero-order valence-electron chi connectivity index (χ0n) is 19.2. The Morgan fingerprint density at radius 1 is 1.24 bits per heavy atom. The molecule has 1 aromatic carbocycles. The fourth-order valence-corrected chi connectivity index (χ4v) is 3.44. The van der Waals surface area contributed by atoms with Gasteiger partial charge in [0.2, 0.25) is 11.8 Å². The van der Waals surface area contributed by atoms with Crippen molar-refractivity contribution < 1.29 is 13.7 Å². The van der Waals surface area contributed by atoms with Gasteiger partial charge in [0.25, 0.3) is 0 Å². The molecule has 4 rings (SSSR count). The third-order valence-electron chi connectivity index (χ3n) is 5.23. The summed E-state index contributed by atoms with van der Waals surface area (Å²) >= 11 is 0. The van der Waals surface area contributed by atoms with Gasteiger partial charge in [-0.25, -0.2) is 19.0 Å². The highest BCUT2D eigenvalue weighted by atomic mass is 19.1. The summed E-state index contributed by atoms with van der Waals surface area (Å²) in [5.74, 6) is -0.445. The van der Waals surface area contributed by atoms with Crippen LogP contribution in [0.15, 0.2) is 35.1 Å². The van der Waals surface area contributed by atoms with E-state index in [-0.39, 0.29) is 35.1 Å². The number of nitrogens with zero attached hydrogens (tertiary/aromatic N) is 5. The van der Waals surface area contributed by atoms with Gasteiger partial charge >= 0.3 is 0 Å². The molecule has 0 radical (unpaired) electrons. The van der Waals surface area contributed by atoms with E-state index in [4.69, 9.17) is 10.3 Å². The number of rotatable bonds is 5. The zero-order valence-corrected chi connectivity index (χ0v) is 19.2. The summed E-state index contributed by atoms with van der Waals surface area (Å²) in [6.07, 6.45) is 1.22. The fraction of sp³-hybridized carbons (Fsp3) is 0.348. The third-order valence-corrected chi connectivity index (χ3v) is 5.23. The van der Waals surface area contributed by atoms with Gasteiger partial charge in [0, 0.05) is 23.1 Å². The van der Waals surface area contributed by atoms with Crippen LogP contribution in [0.5, 0.6) is 0 Å². The van der Waals surface area contributed by atoms with Crippen LogP contribution in [0.1, 0.15) is 51.9 Å². The maximum atomic E-state index is 14.9. The van der Waals surface area contributed by atoms with Crippen molar-refractivity contribution in [1.29, 1.82) is 0 Å². The number of nitrogens with two attached hydrogens (primary N) is 1. The van der Waals surface area contributed by atoms with Crippen molar-refractivity contribution in [1.82, 2.24) is 24.9 Å². The first-order valence-electron chi connectivity index (χ1n) is 10.6. The summed E-state index contributed by atoms with van der Waals surface area (Å²) in [6, 6.07) is 6.30. The van der Waals surface area contributed by atoms with E-state index in [2.05, 4.69) is 25.5 Å². The summed E-state index contributed by atoms with van der Waals surface area (Å²) in [5.41, 5.74) is 8.41. The van der Waals surface area contributed by atoms with Gasteiger partial charge in [-0.05, 0) is 25.5 Å². The molecule has 0 aliphatic heterocycles. The van der Waals surface area contributed by atoms with Gasteiger partial charge in [-0.15, -0.1) is 0 Å². The number of halogens is 1. The van der Waals surface area contributed by atoms with E-state index in [9.17, 15) is 9.18 Å². The molecular weight excluding hydrogens is 425 g/mol. The lowest BCUT2D eigenvalue weighted by atomic mass is 9.92. The number of fused-ring (bicyclic) bond motifs is 1. The monoisotopic (exact) mass is 451 g/mol. The van der Waals surface area contributed by atoms with Crippen molar-refractivity contribution in [3.63, 3.8) is 0 Å². The van der Waals surface area contributed by atoms with Crippen LogP contribution in [0.2, 0.25) is 0 Å². The maximum Gasteiger partial charge on any atom is 0.231 e. The number of amides is 1. The average Bonchev–Trinajstić information content (AvgIpc) is 3.35. The van der Waals surface area contributed by atoms with Gasteiger partial charge < -0.3 is 10.3 Å².